The van der Waals surface area contributed by atoms with Crippen LogP contribution >= 0.6 is 11.8 Å². The molecule has 0 unspecified atom stereocenters. The van der Waals surface area contributed by atoms with Crippen LogP contribution in [0.2, 0.25) is 0 Å². The lowest BCUT2D eigenvalue weighted by Crippen LogP contribution is -2.43. The van der Waals surface area contributed by atoms with E-state index in [1.54, 1.807) is 0 Å². The number of morpholine rings is 1. The number of hydrogen-bond donors (Lipinski definition) is 0. The zero-order chi connectivity index (χ0) is 10.6. The highest BCUT2D eigenvalue weighted by Crippen LogP contribution is 2.29. The quantitative estimate of drug-likeness (QED) is 0.718. The van der Waals surface area contributed by atoms with Crippen LogP contribution in [0.15, 0.2) is 0 Å². The van der Waals surface area contributed by atoms with Crippen molar-refractivity contribution in [1.29, 1.82) is 0 Å². The third-order valence-electron chi connectivity index (χ3n) is 2.78. The first-order valence-electron chi connectivity index (χ1n) is 5.37. The zero-order valence-electron chi connectivity index (χ0n) is 9.88. The molecule has 0 radical (unpaired) electrons. The Morgan fingerprint density at radius 3 is 2.29 bits per heavy atom. The number of hydrogen-bond acceptors (Lipinski definition) is 3. The summed E-state index contributed by atoms with van der Waals surface area (Å²) < 4.78 is 5.35. The fraction of sp³-hybridized carbons (Fsp3) is 1.00. The Morgan fingerprint density at radius 2 is 1.86 bits per heavy atom. The summed E-state index contributed by atoms with van der Waals surface area (Å²) in [5.41, 5.74) is 0.401. The number of thioether (sulfide) groups is 1. The van der Waals surface area contributed by atoms with Crippen molar-refractivity contribution in [2.24, 2.45) is 5.41 Å². The highest BCUT2D eigenvalue weighted by Gasteiger charge is 2.26. The van der Waals surface area contributed by atoms with Crippen LogP contribution < -0.4 is 0 Å². The van der Waals surface area contributed by atoms with Gasteiger partial charge < -0.3 is 4.74 Å². The molecule has 1 aliphatic rings. The number of ether oxygens (including phenoxy) is 1. The molecule has 0 aliphatic carbocycles. The minimum atomic E-state index is 0.401. The molecule has 1 saturated heterocycles. The summed E-state index contributed by atoms with van der Waals surface area (Å²) in [6, 6.07) is 0. The van der Waals surface area contributed by atoms with Crippen molar-refractivity contribution < 1.29 is 4.74 Å². The fourth-order valence-electron chi connectivity index (χ4n) is 1.72. The van der Waals surface area contributed by atoms with Crippen molar-refractivity contribution in [3.05, 3.63) is 0 Å². The molecule has 1 atom stereocenters. The summed E-state index contributed by atoms with van der Waals surface area (Å²) in [7, 11) is 0. The molecule has 0 spiro atoms. The Kier molecular flexibility index (Phi) is 4.74. The SMILES string of the molecule is CS[C@H](CN1CCOCC1)C(C)(C)C. The van der Waals surface area contributed by atoms with Crippen molar-refractivity contribution in [2.75, 3.05) is 39.1 Å². The van der Waals surface area contributed by atoms with Crippen molar-refractivity contribution in [3.8, 4) is 0 Å². The minimum Gasteiger partial charge on any atom is -0.379 e. The molecule has 0 aromatic rings. The summed E-state index contributed by atoms with van der Waals surface area (Å²) in [5.74, 6) is 0. The topological polar surface area (TPSA) is 12.5 Å². The molecule has 0 N–H and O–H groups in total. The molecule has 2 nitrogen and oxygen atoms in total. The smallest absolute Gasteiger partial charge is 0.0594 e. The van der Waals surface area contributed by atoms with Crippen LogP contribution in [0.5, 0.6) is 0 Å². The van der Waals surface area contributed by atoms with Crippen LogP contribution in [0.3, 0.4) is 0 Å². The Labute approximate surface area is 92.4 Å². The van der Waals surface area contributed by atoms with Crippen LogP contribution in [0.1, 0.15) is 20.8 Å². The van der Waals surface area contributed by atoms with Crippen molar-refractivity contribution in [3.63, 3.8) is 0 Å². The van der Waals surface area contributed by atoms with Gasteiger partial charge in [-0.1, -0.05) is 20.8 Å². The minimum absolute atomic E-state index is 0.401. The average Bonchev–Trinajstić information content (AvgIpc) is 2.14. The summed E-state index contributed by atoms with van der Waals surface area (Å²) in [6.45, 7) is 12.2. The van der Waals surface area contributed by atoms with Crippen LogP contribution in [0.25, 0.3) is 0 Å². The van der Waals surface area contributed by atoms with Gasteiger partial charge in [-0.2, -0.15) is 11.8 Å². The highest BCUT2D eigenvalue weighted by atomic mass is 32.2. The summed E-state index contributed by atoms with van der Waals surface area (Å²) >= 11 is 1.99. The average molecular weight is 217 g/mol. The van der Waals surface area contributed by atoms with Crippen LogP contribution in [0.4, 0.5) is 0 Å². The molecule has 0 amide bonds. The fourth-order valence-corrected chi connectivity index (χ4v) is 2.79. The van der Waals surface area contributed by atoms with E-state index in [0.717, 1.165) is 31.6 Å². The lowest BCUT2D eigenvalue weighted by Gasteiger charge is -2.35. The second kappa shape index (κ2) is 5.38. The maximum atomic E-state index is 5.35. The maximum Gasteiger partial charge on any atom is 0.0594 e. The van der Waals surface area contributed by atoms with Crippen LogP contribution in [-0.4, -0.2) is 49.3 Å². The second-order valence-electron chi connectivity index (χ2n) is 5.00. The third kappa shape index (κ3) is 3.79. The second-order valence-corrected chi connectivity index (χ2v) is 6.04. The molecule has 1 heterocycles. The van der Waals surface area contributed by atoms with E-state index in [4.69, 9.17) is 4.74 Å². The molecule has 3 heteroatoms. The van der Waals surface area contributed by atoms with Gasteiger partial charge in [0.05, 0.1) is 13.2 Å². The van der Waals surface area contributed by atoms with Gasteiger partial charge in [0.25, 0.3) is 0 Å². The summed E-state index contributed by atoms with van der Waals surface area (Å²) in [5, 5.41) is 0.723. The third-order valence-corrected chi connectivity index (χ3v) is 4.20. The summed E-state index contributed by atoms with van der Waals surface area (Å²) in [6.07, 6.45) is 2.22. The molecule has 0 aromatic heterocycles. The van der Waals surface area contributed by atoms with E-state index in [9.17, 15) is 0 Å². The Hall–Kier alpha value is 0.270. The molecule has 0 saturated carbocycles. The van der Waals surface area contributed by atoms with E-state index >= 15 is 0 Å². The number of nitrogens with zero attached hydrogens (tertiary/aromatic N) is 1. The normalized spacial score (nSPS) is 22.3. The molecule has 1 fully saturated rings. The predicted octanol–water partition coefficient (Wildman–Crippen LogP) is 2.10. The van der Waals surface area contributed by atoms with E-state index < -0.39 is 0 Å². The van der Waals surface area contributed by atoms with Gasteiger partial charge in [-0.3, -0.25) is 4.90 Å². The van der Waals surface area contributed by atoms with Gasteiger partial charge in [0.15, 0.2) is 0 Å². The first-order valence-corrected chi connectivity index (χ1v) is 6.65. The van der Waals surface area contributed by atoms with Gasteiger partial charge in [-0.05, 0) is 11.7 Å². The van der Waals surface area contributed by atoms with E-state index in [1.165, 1.54) is 6.54 Å². The first-order chi connectivity index (χ1) is 6.54. The van der Waals surface area contributed by atoms with Gasteiger partial charge in [-0.15, -0.1) is 0 Å². The molecule has 84 valence electrons. The summed E-state index contributed by atoms with van der Waals surface area (Å²) in [4.78, 5) is 2.52. The van der Waals surface area contributed by atoms with Gasteiger partial charge in [0.2, 0.25) is 0 Å². The Bertz CT molecular complexity index is 161. The molecule has 1 rings (SSSR count). The van der Waals surface area contributed by atoms with Gasteiger partial charge in [-0.25, -0.2) is 0 Å². The lowest BCUT2D eigenvalue weighted by atomic mass is 9.91. The number of rotatable bonds is 3. The van der Waals surface area contributed by atoms with Gasteiger partial charge in [0.1, 0.15) is 0 Å². The first kappa shape index (κ1) is 12.3. The monoisotopic (exact) mass is 217 g/mol. The molecule has 0 aromatic carbocycles. The van der Waals surface area contributed by atoms with E-state index in [1.807, 2.05) is 11.8 Å². The van der Waals surface area contributed by atoms with E-state index in [0.29, 0.717) is 5.41 Å². The van der Waals surface area contributed by atoms with E-state index in [2.05, 4.69) is 31.9 Å². The zero-order valence-corrected chi connectivity index (χ0v) is 10.7. The predicted molar refractivity (Wildman–Crippen MR) is 64.0 cm³/mol. The van der Waals surface area contributed by atoms with Crippen molar-refractivity contribution >= 4 is 11.8 Å². The molecule has 0 bridgehead atoms. The lowest BCUT2D eigenvalue weighted by molar-refractivity contribution is 0.0345. The standard InChI is InChI=1S/C11H23NOS/c1-11(2,3)10(14-4)9-12-5-7-13-8-6-12/h10H,5-9H2,1-4H3/t10-/m1/s1. The highest BCUT2D eigenvalue weighted by molar-refractivity contribution is 7.99. The molecule has 14 heavy (non-hydrogen) atoms. The van der Waals surface area contributed by atoms with Gasteiger partial charge in [0, 0.05) is 24.9 Å². The van der Waals surface area contributed by atoms with Crippen molar-refractivity contribution in [1.82, 2.24) is 4.90 Å². The Morgan fingerprint density at radius 1 is 1.29 bits per heavy atom. The Balaban J connectivity index is 2.39. The van der Waals surface area contributed by atoms with Crippen molar-refractivity contribution in [2.45, 2.75) is 26.0 Å². The largest absolute Gasteiger partial charge is 0.379 e. The maximum absolute atomic E-state index is 5.35. The van der Waals surface area contributed by atoms with Crippen LogP contribution in [0, 0.1) is 5.41 Å². The van der Waals surface area contributed by atoms with E-state index in [-0.39, 0.29) is 0 Å². The van der Waals surface area contributed by atoms with Gasteiger partial charge >= 0.3 is 0 Å². The molecule has 1 aliphatic heterocycles. The van der Waals surface area contributed by atoms with Crippen LogP contribution in [-0.2, 0) is 4.74 Å². The molecular weight excluding hydrogens is 194 g/mol. The molecular formula is C11H23NOS.